The fraction of sp³-hybridized carbons (Fsp3) is 0.500. The van der Waals surface area contributed by atoms with Crippen molar-refractivity contribution in [1.29, 1.82) is 0 Å². The molecule has 1 aliphatic heterocycles. The van der Waals surface area contributed by atoms with Crippen LogP contribution in [0, 0.1) is 0 Å². The Labute approximate surface area is 214 Å². The Bertz CT molecular complexity index is 1040. The van der Waals surface area contributed by atoms with Crippen LogP contribution in [0.3, 0.4) is 0 Å². The van der Waals surface area contributed by atoms with Gasteiger partial charge in [0.05, 0.1) is 22.9 Å². The van der Waals surface area contributed by atoms with Crippen LogP contribution in [0.1, 0.15) is 33.1 Å². The van der Waals surface area contributed by atoms with E-state index in [0.29, 0.717) is 23.9 Å². The lowest BCUT2D eigenvalue weighted by Crippen LogP contribution is -2.50. The average molecular weight is 522 g/mol. The number of carbonyl (C=O) groups is 1. The highest BCUT2D eigenvalue weighted by Crippen LogP contribution is 2.24. The number of nitrogens with zero attached hydrogens (tertiary/aromatic N) is 2. The van der Waals surface area contributed by atoms with Crippen molar-refractivity contribution in [2.45, 2.75) is 48.9 Å². The van der Waals surface area contributed by atoms with Crippen LogP contribution in [0.5, 0.6) is 5.75 Å². The second kappa shape index (κ2) is 13.3. The second-order valence-electron chi connectivity index (χ2n) is 9.18. The molecule has 0 spiro atoms. The van der Waals surface area contributed by atoms with Crippen LogP contribution in [0.25, 0.3) is 0 Å². The molecule has 1 amide bonds. The summed E-state index contributed by atoms with van der Waals surface area (Å²) >= 11 is 5.85. The van der Waals surface area contributed by atoms with Gasteiger partial charge in [-0.3, -0.25) is 9.69 Å². The summed E-state index contributed by atoms with van der Waals surface area (Å²) in [6.45, 7) is 9.95. The number of piperazine rings is 1. The van der Waals surface area contributed by atoms with Gasteiger partial charge in [0, 0.05) is 37.2 Å². The van der Waals surface area contributed by atoms with E-state index < -0.39 is 9.84 Å². The van der Waals surface area contributed by atoms with Gasteiger partial charge in [0.2, 0.25) is 15.7 Å². The maximum Gasteiger partial charge on any atom is 0.234 e. The molecule has 1 heterocycles. The number of sulfone groups is 1. The van der Waals surface area contributed by atoms with Crippen molar-refractivity contribution >= 4 is 27.3 Å². The molecule has 192 valence electrons. The van der Waals surface area contributed by atoms with Gasteiger partial charge in [-0.25, -0.2) is 8.42 Å². The van der Waals surface area contributed by atoms with Gasteiger partial charge in [0.15, 0.2) is 0 Å². The lowest BCUT2D eigenvalue weighted by molar-refractivity contribution is -0.123. The summed E-state index contributed by atoms with van der Waals surface area (Å²) in [7, 11) is -3.57. The number of hydrogen-bond donors (Lipinski definition) is 1. The Morgan fingerprint density at radius 3 is 2.09 bits per heavy atom. The highest BCUT2D eigenvalue weighted by molar-refractivity contribution is 7.91. The second-order valence-corrected chi connectivity index (χ2v) is 11.6. The molecular formula is C26H36ClN3O4S. The monoisotopic (exact) mass is 521 g/mol. The van der Waals surface area contributed by atoms with Gasteiger partial charge < -0.3 is 15.0 Å². The molecule has 0 radical (unpaired) electrons. The zero-order valence-corrected chi connectivity index (χ0v) is 22.2. The minimum atomic E-state index is -3.57. The molecule has 35 heavy (non-hydrogen) atoms. The zero-order valence-electron chi connectivity index (χ0n) is 20.6. The minimum absolute atomic E-state index is 0.103. The van der Waals surface area contributed by atoms with E-state index in [1.54, 1.807) is 36.4 Å². The van der Waals surface area contributed by atoms with Crippen LogP contribution in [-0.4, -0.2) is 76.0 Å². The first-order valence-corrected chi connectivity index (χ1v) is 14.1. The maximum absolute atomic E-state index is 12.7. The molecule has 2 aromatic rings. The lowest BCUT2D eigenvalue weighted by atomic mass is 10.2. The number of nitrogens with one attached hydrogen (secondary N) is 1. The van der Waals surface area contributed by atoms with Crippen molar-refractivity contribution in [3.8, 4) is 5.75 Å². The van der Waals surface area contributed by atoms with Crippen LogP contribution in [0.15, 0.2) is 58.3 Å². The Morgan fingerprint density at radius 1 is 0.914 bits per heavy atom. The maximum atomic E-state index is 12.7. The largest absolute Gasteiger partial charge is 0.494 e. The van der Waals surface area contributed by atoms with E-state index in [0.717, 1.165) is 52.0 Å². The molecule has 0 aliphatic carbocycles. The van der Waals surface area contributed by atoms with Crippen molar-refractivity contribution in [3.05, 3.63) is 53.6 Å². The summed E-state index contributed by atoms with van der Waals surface area (Å²) in [5, 5.41) is 3.45. The van der Waals surface area contributed by atoms with E-state index in [1.165, 1.54) is 12.1 Å². The number of halogens is 1. The molecule has 1 saturated heterocycles. The van der Waals surface area contributed by atoms with Crippen LogP contribution >= 0.6 is 11.6 Å². The molecule has 9 heteroatoms. The fourth-order valence-electron chi connectivity index (χ4n) is 4.01. The summed E-state index contributed by atoms with van der Waals surface area (Å²) in [5.41, 5.74) is 0. The number of carbonyl (C=O) groups excluding carboxylic acids is 1. The highest BCUT2D eigenvalue weighted by Gasteiger charge is 2.19. The third-order valence-electron chi connectivity index (χ3n) is 5.93. The van der Waals surface area contributed by atoms with Crippen molar-refractivity contribution in [2.75, 3.05) is 45.9 Å². The predicted octanol–water partition coefficient (Wildman–Crippen LogP) is 3.86. The Kier molecular flexibility index (Phi) is 10.4. The smallest absolute Gasteiger partial charge is 0.234 e. The molecule has 1 fully saturated rings. The summed E-state index contributed by atoms with van der Waals surface area (Å²) in [4.78, 5) is 17.0. The van der Waals surface area contributed by atoms with Gasteiger partial charge in [0.1, 0.15) is 5.75 Å². The van der Waals surface area contributed by atoms with Crippen LogP contribution in [0.2, 0.25) is 5.02 Å². The number of ether oxygens (including phenoxy) is 1. The quantitative estimate of drug-likeness (QED) is 0.427. The number of amides is 1. The fourth-order valence-corrected chi connectivity index (χ4v) is 5.40. The van der Waals surface area contributed by atoms with E-state index in [4.69, 9.17) is 16.3 Å². The Hall–Kier alpha value is -2.13. The van der Waals surface area contributed by atoms with Crippen molar-refractivity contribution in [2.24, 2.45) is 0 Å². The standard InChI is InChI=1S/C26H36ClN3O4S/c1-21(2)28-26(31)20-30-17-15-29(16-18-30)14-4-3-5-19-34-23-8-12-25(13-9-23)35(32,33)24-10-6-22(27)7-11-24/h6-13,21H,3-5,14-20H2,1-2H3,(H,28,31). The summed E-state index contributed by atoms with van der Waals surface area (Å²) in [6, 6.07) is 12.9. The average Bonchev–Trinajstić information content (AvgIpc) is 2.82. The number of benzene rings is 2. The van der Waals surface area contributed by atoms with Gasteiger partial charge >= 0.3 is 0 Å². The summed E-state index contributed by atoms with van der Waals surface area (Å²) in [5.74, 6) is 0.768. The number of rotatable bonds is 12. The van der Waals surface area contributed by atoms with E-state index >= 15 is 0 Å². The molecule has 2 aromatic carbocycles. The molecule has 1 aliphatic rings. The molecule has 7 nitrogen and oxygen atoms in total. The van der Waals surface area contributed by atoms with Gasteiger partial charge in [-0.1, -0.05) is 11.6 Å². The lowest BCUT2D eigenvalue weighted by Gasteiger charge is -2.34. The SMILES string of the molecule is CC(C)NC(=O)CN1CCN(CCCCCOc2ccc(S(=O)(=O)c3ccc(Cl)cc3)cc2)CC1. The molecule has 0 aromatic heterocycles. The first-order valence-electron chi connectivity index (χ1n) is 12.2. The van der Waals surface area contributed by atoms with Crippen LogP contribution in [0.4, 0.5) is 0 Å². The Balaban J connectivity index is 1.30. The Morgan fingerprint density at radius 2 is 1.49 bits per heavy atom. The zero-order chi connectivity index (χ0) is 25.3. The van der Waals surface area contributed by atoms with Crippen molar-refractivity contribution in [3.63, 3.8) is 0 Å². The first-order chi connectivity index (χ1) is 16.7. The molecule has 3 rings (SSSR count). The van der Waals surface area contributed by atoms with E-state index in [-0.39, 0.29) is 21.7 Å². The molecule has 0 atom stereocenters. The third-order valence-corrected chi connectivity index (χ3v) is 7.96. The van der Waals surface area contributed by atoms with Gasteiger partial charge in [0.25, 0.3) is 0 Å². The molecule has 0 bridgehead atoms. The van der Waals surface area contributed by atoms with Gasteiger partial charge in [-0.15, -0.1) is 0 Å². The van der Waals surface area contributed by atoms with E-state index in [2.05, 4.69) is 15.1 Å². The van der Waals surface area contributed by atoms with Gasteiger partial charge in [-0.2, -0.15) is 0 Å². The first kappa shape index (κ1) is 27.5. The van der Waals surface area contributed by atoms with Crippen molar-refractivity contribution in [1.82, 2.24) is 15.1 Å². The summed E-state index contributed by atoms with van der Waals surface area (Å²) < 4.78 is 31.2. The van der Waals surface area contributed by atoms with Crippen LogP contribution < -0.4 is 10.1 Å². The van der Waals surface area contributed by atoms with E-state index in [1.807, 2.05) is 13.8 Å². The van der Waals surface area contributed by atoms with Crippen LogP contribution in [-0.2, 0) is 14.6 Å². The third kappa shape index (κ3) is 8.79. The molecule has 1 N–H and O–H groups in total. The van der Waals surface area contributed by atoms with Crippen molar-refractivity contribution < 1.29 is 17.9 Å². The predicted molar refractivity (Wildman–Crippen MR) is 139 cm³/mol. The van der Waals surface area contributed by atoms with Gasteiger partial charge in [-0.05, 0) is 88.2 Å². The highest BCUT2D eigenvalue weighted by atomic mass is 35.5. The molecule has 0 saturated carbocycles. The van der Waals surface area contributed by atoms with E-state index in [9.17, 15) is 13.2 Å². The molecule has 0 unspecified atom stereocenters. The minimum Gasteiger partial charge on any atom is -0.494 e. The summed E-state index contributed by atoms with van der Waals surface area (Å²) in [6.07, 6.45) is 3.12. The normalized spacial score (nSPS) is 15.3. The molecular weight excluding hydrogens is 486 g/mol. The number of unbranched alkanes of at least 4 members (excludes halogenated alkanes) is 2. The topological polar surface area (TPSA) is 79.0 Å². The number of hydrogen-bond acceptors (Lipinski definition) is 6.